The molecule has 0 bridgehead atoms. The van der Waals surface area contributed by atoms with Crippen LogP contribution in [0.15, 0.2) is 48.0 Å². The fourth-order valence-electron chi connectivity index (χ4n) is 5.63. The zero-order valence-electron chi connectivity index (χ0n) is 18.9. The molecule has 0 aromatic heterocycles. The molecule has 3 heterocycles. The number of aromatic hydroxyl groups is 1. The summed E-state index contributed by atoms with van der Waals surface area (Å²) in [6, 6.07) is 14.1. The average molecular weight is 482 g/mol. The van der Waals surface area contributed by atoms with Crippen molar-refractivity contribution in [1.29, 1.82) is 0 Å². The maximum atomic E-state index is 10.1. The SMILES string of the molecule is Oc1ccc2c(c1)OC(c1ccc(OCCN3CCCC3)cc1)C1=C2CCC2(C1)SCCS2. The van der Waals surface area contributed by atoms with Crippen LogP contribution in [0.3, 0.4) is 0 Å². The molecule has 1 N–H and O–H groups in total. The van der Waals surface area contributed by atoms with E-state index in [1.165, 1.54) is 55.0 Å². The number of likely N-dealkylation sites (tertiary alicyclic amines) is 1. The Balaban J connectivity index is 1.25. The van der Waals surface area contributed by atoms with Gasteiger partial charge in [-0.1, -0.05) is 12.1 Å². The van der Waals surface area contributed by atoms with Crippen LogP contribution in [0.25, 0.3) is 5.57 Å². The number of phenols is 1. The van der Waals surface area contributed by atoms with Crippen LogP contribution in [0.5, 0.6) is 17.2 Å². The van der Waals surface area contributed by atoms with Crippen LogP contribution in [-0.2, 0) is 0 Å². The van der Waals surface area contributed by atoms with E-state index in [2.05, 4.69) is 52.7 Å². The van der Waals surface area contributed by atoms with Gasteiger partial charge in [-0.25, -0.2) is 0 Å². The van der Waals surface area contributed by atoms with Crippen LogP contribution in [0.4, 0.5) is 0 Å². The van der Waals surface area contributed by atoms with Crippen LogP contribution in [0.2, 0.25) is 0 Å². The zero-order chi connectivity index (χ0) is 22.3. The molecular weight excluding hydrogens is 450 g/mol. The predicted molar refractivity (Wildman–Crippen MR) is 138 cm³/mol. The van der Waals surface area contributed by atoms with Crippen molar-refractivity contribution in [3.05, 3.63) is 59.2 Å². The molecule has 4 aliphatic rings. The highest BCUT2D eigenvalue weighted by molar-refractivity contribution is 8.21. The van der Waals surface area contributed by atoms with Crippen molar-refractivity contribution in [3.8, 4) is 17.2 Å². The third-order valence-electron chi connectivity index (χ3n) is 7.33. The van der Waals surface area contributed by atoms with Gasteiger partial charge in [0.25, 0.3) is 0 Å². The van der Waals surface area contributed by atoms with E-state index in [4.69, 9.17) is 9.47 Å². The zero-order valence-corrected chi connectivity index (χ0v) is 20.6. The summed E-state index contributed by atoms with van der Waals surface area (Å²) in [5, 5.41) is 10.1. The topological polar surface area (TPSA) is 41.9 Å². The average Bonchev–Trinajstić information content (AvgIpc) is 3.51. The van der Waals surface area contributed by atoms with Crippen molar-refractivity contribution < 1.29 is 14.6 Å². The smallest absolute Gasteiger partial charge is 0.146 e. The minimum absolute atomic E-state index is 0.105. The van der Waals surface area contributed by atoms with Crippen molar-refractivity contribution >= 4 is 29.1 Å². The monoisotopic (exact) mass is 481 g/mol. The van der Waals surface area contributed by atoms with Crippen LogP contribution in [0, 0.1) is 0 Å². The van der Waals surface area contributed by atoms with Crippen molar-refractivity contribution in [1.82, 2.24) is 4.90 Å². The van der Waals surface area contributed by atoms with Gasteiger partial charge in [-0.15, -0.1) is 23.5 Å². The van der Waals surface area contributed by atoms with Crippen molar-refractivity contribution in [3.63, 3.8) is 0 Å². The molecule has 0 radical (unpaired) electrons. The number of fused-ring (bicyclic) bond motifs is 2. The number of allylic oxidation sites excluding steroid dienone is 1. The third-order valence-corrected chi connectivity index (χ3v) is 10.9. The lowest BCUT2D eigenvalue weighted by atomic mass is 9.80. The predicted octanol–water partition coefficient (Wildman–Crippen LogP) is 6.11. The number of nitrogens with zero attached hydrogens (tertiary/aromatic N) is 1. The lowest BCUT2D eigenvalue weighted by Crippen LogP contribution is -2.29. The molecule has 1 aliphatic carbocycles. The number of phenolic OH excluding ortho intramolecular Hbond substituents is 1. The normalized spacial score (nSPS) is 23.9. The van der Waals surface area contributed by atoms with E-state index in [-0.39, 0.29) is 11.9 Å². The van der Waals surface area contributed by atoms with Gasteiger partial charge in [-0.05, 0) is 86.2 Å². The van der Waals surface area contributed by atoms with Crippen LogP contribution >= 0.6 is 23.5 Å². The van der Waals surface area contributed by atoms with E-state index in [0.717, 1.165) is 48.6 Å². The van der Waals surface area contributed by atoms with Crippen LogP contribution < -0.4 is 9.47 Å². The molecule has 33 heavy (non-hydrogen) atoms. The Hall–Kier alpha value is -1.76. The first-order chi connectivity index (χ1) is 16.2. The number of ether oxygens (including phenoxy) is 2. The second kappa shape index (κ2) is 9.12. The van der Waals surface area contributed by atoms with E-state index in [0.29, 0.717) is 4.08 Å². The van der Waals surface area contributed by atoms with E-state index in [9.17, 15) is 5.11 Å². The Kier molecular flexibility index (Phi) is 6.01. The third kappa shape index (κ3) is 4.38. The van der Waals surface area contributed by atoms with Crippen molar-refractivity contribution in [2.24, 2.45) is 0 Å². The molecule has 2 aromatic carbocycles. The Labute approximate surface area is 204 Å². The number of benzene rings is 2. The lowest BCUT2D eigenvalue weighted by Gasteiger charge is -2.41. The molecule has 6 heteroatoms. The van der Waals surface area contributed by atoms with Crippen molar-refractivity contribution in [2.75, 3.05) is 37.7 Å². The molecule has 1 unspecified atom stereocenters. The maximum absolute atomic E-state index is 10.1. The van der Waals surface area contributed by atoms with Gasteiger partial charge in [0.1, 0.15) is 30.0 Å². The summed E-state index contributed by atoms with van der Waals surface area (Å²) in [6.07, 6.45) is 5.87. The number of thioether (sulfide) groups is 2. The summed E-state index contributed by atoms with van der Waals surface area (Å²) in [4.78, 5) is 2.48. The lowest BCUT2D eigenvalue weighted by molar-refractivity contribution is 0.226. The minimum atomic E-state index is -0.105. The highest BCUT2D eigenvalue weighted by Crippen LogP contribution is 2.59. The number of hydrogen-bond acceptors (Lipinski definition) is 6. The quantitative estimate of drug-likeness (QED) is 0.555. The molecule has 3 aliphatic heterocycles. The second-order valence-electron chi connectivity index (χ2n) is 9.43. The Morgan fingerprint density at radius 2 is 1.85 bits per heavy atom. The van der Waals surface area contributed by atoms with Gasteiger partial charge in [0.15, 0.2) is 0 Å². The maximum Gasteiger partial charge on any atom is 0.146 e. The first kappa shape index (κ1) is 21.8. The Morgan fingerprint density at radius 1 is 1.06 bits per heavy atom. The van der Waals surface area contributed by atoms with Gasteiger partial charge in [-0.2, -0.15) is 0 Å². The molecule has 174 valence electrons. The second-order valence-corrected chi connectivity index (χ2v) is 12.6. The van der Waals surface area contributed by atoms with Gasteiger partial charge in [0.05, 0.1) is 4.08 Å². The molecule has 4 nitrogen and oxygen atoms in total. The van der Waals surface area contributed by atoms with Crippen LogP contribution in [-0.4, -0.2) is 51.8 Å². The van der Waals surface area contributed by atoms with Gasteiger partial charge in [0.2, 0.25) is 0 Å². The molecule has 2 aromatic rings. The van der Waals surface area contributed by atoms with E-state index < -0.39 is 0 Å². The highest BCUT2D eigenvalue weighted by Gasteiger charge is 2.44. The summed E-state index contributed by atoms with van der Waals surface area (Å²) < 4.78 is 12.9. The minimum Gasteiger partial charge on any atom is -0.508 e. The summed E-state index contributed by atoms with van der Waals surface area (Å²) in [5.74, 6) is 4.46. The highest BCUT2D eigenvalue weighted by atomic mass is 32.2. The van der Waals surface area contributed by atoms with Gasteiger partial charge in [0, 0.05) is 29.7 Å². The van der Waals surface area contributed by atoms with Crippen molar-refractivity contribution in [2.45, 2.75) is 42.3 Å². The number of hydrogen-bond donors (Lipinski definition) is 1. The summed E-state index contributed by atoms with van der Waals surface area (Å²) in [5.41, 5.74) is 5.16. The molecular formula is C27H31NO3S2. The van der Waals surface area contributed by atoms with Gasteiger partial charge < -0.3 is 14.6 Å². The Bertz CT molecular complexity index is 1040. The largest absolute Gasteiger partial charge is 0.508 e. The van der Waals surface area contributed by atoms with E-state index in [1.54, 1.807) is 12.1 Å². The van der Waals surface area contributed by atoms with E-state index >= 15 is 0 Å². The number of rotatable bonds is 5. The molecule has 2 fully saturated rings. The van der Waals surface area contributed by atoms with Crippen LogP contribution in [0.1, 0.15) is 49.3 Å². The standard InChI is InChI=1S/C27H31NO3S2/c29-20-5-8-23-22-9-10-27(32-15-16-33-27)18-24(22)26(31-25(23)17-20)19-3-6-21(7-4-19)30-14-13-28-11-1-2-12-28/h3-8,17,26,29H,1-2,9-16,18H2. The first-order valence-corrected chi connectivity index (χ1v) is 14.1. The molecule has 0 saturated carbocycles. The summed E-state index contributed by atoms with van der Waals surface area (Å²) >= 11 is 4.27. The fourth-order valence-corrected chi connectivity index (χ4v) is 8.88. The molecule has 0 amide bonds. The molecule has 1 atom stereocenters. The summed E-state index contributed by atoms with van der Waals surface area (Å²) in [7, 11) is 0. The van der Waals surface area contributed by atoms with E-state index in [1.807, 2.05) is 6.07 Å². The summed E-state index contributed by atoms with van der Waals surface area (Å²) in [6.45, 7) is 4.14. The first-order valence-electron chi connectivity index (χ1n) is 12.1. The molecule has 2 saturated heterocycles. The van der Waals surface area contributed by atoms with Gasteiger partial charge >= 0.3 is 0 Å². The fraction of sp³-hybridized carbons (Fsp3) is 0.481. The molecule has 6 rings (SSSR count). The Morgan fingerprint density at radius 3 is 2.64 bits per heavy atom. The molecule has 1 spiro atoms. The van der Waals surface area contributed by atoms with Gasteiger partial charge in [-0.3, -0.25) is 4.90 Å².